The summed E-state index contributed by atoms with van der Waals surface area (Å²) in [5.41, 5.74) is 0.777. The predicted molar refractivity (Wildman–Crippen MR) is 108 cm³/mol. The van der Waals surface area contributed by atoms with Gasteiger partial charge in [-0.1, -0.05) is 23.2 Å². The molecule has 140 valence electrons. The van der Waals surface area contributed by atoms with E-state index in [0.717, 1.165) is 22.6 Å². The van der Waals surface area contributed by atoms with Crippen molar-refractivity contribution in [2.75, 3.05) is 19.9 Å². The first kappa shape index (κ1) is 20.7. The lowest BCUT2D eigenvalue weighted by molar-refractivity contribution is -0.130. The number of ether oxygens (including phenoxy) is 1. The number of halogens is 2. The number of carbonyl (C=O) groups excluding carboxylic acids is 1. The van der Waals surface area contributed by atoms with Gasteiger partial charge >= 0.3 is 0 Å². The van der Waals surface area contributed by atoms with Gasteiger partial charge in [0, 0.05) is 35.5 Å². The van der Waals surface area contributed by atoms with Crippen LogP contribution in [0.25, 0.3) is 0 Å². The number of aromatic hydroxyl groups is 1. The summed E-state index contributed by atoms with van der Waals surface area (Å²) in [6, 6.07) is 10.4. The molecule has 0 aromatic heterocycles. The number of methoxy groups -OCH3 is 1. The molecule has 0 aliphatic carbocycles. The molecule has 0 atom stereocenters. The normalized spacial score (nSPS) is 10.6. The molecule has 0 fully saturated rings. The molecule has 2 aromatic rings. The van der Waals surface area contributed by atoms with E-state index in [-0.39, 0.29) is 11.7 Å². The first-order valence-electron chi connectivity index (χ1n) is 8.08. The second-order valence-electron chi connectivity index (χ2n) is 5.78. The molecule has 0 saturated heterocycles. The Balaban J connectivity index is 1.83. The van der Waals surface area contributed by atoms with E-state index >= 15 is 0 Å². The molecule has 26 heavy (non-hydrogen) atoms. The lowest BCUT2D eigenvalue weighted by Crippen LogP contribution is -2.26. The van der Waals surface area contributed by atoms with E-state index in [1.165, 1.54) is 0 Å². The van der Waals surface area contributed by atoms with Crippen LogP contribution < -0.4 is 4.74 Å². The third-order valence-electron chi connectivity index (χ3n) is 3.76. The van der Waals surface area contributed by atoms with Crippen LogP contribution in [0.1, 0.15) is 18.4 Å². The van der Waals surface area contributed by atoms with Crippen molar-refractivity contribution < 1.29 is 14.6 Å². The first-order chi connectivity index (χ1) is 12.4. The van der Waals surface area contributed by atoms with Crippen LogP contribution in [-0.4, -0.2) is 35.8 Å². The van der Waals surface area contributed by atoms with Crippen LogP contribution >= 0.6 is 35.0 Å². The Bertz CT molecular complexity index is 753. The topological polar surface area (TPSA) is 49.8 Å². The van der Waals surface area contributed by atoms with E-state index in [4.69, 9.17) is 27.9 Å². The number of amides is 1. The van der Waals surface area contributed by atoms with Crippen LogP contribution in [0.5, 0.6) is 11.5 Å². The molecule has 0 radical (unpaired) electrons. The van der Waals surface area contributed by atoms with Crippen molar-refractivity contribution in [1.82, 2.24) is 4.90 Å². The minimum absolute atomic E-state index is 0.0504. The molecule has 1 N–H and O–H groups in total. The monoisotopic (exact) mass is 413 g/mol. The molecule has 1 amide bonds. The summed E-state index contributed by atoms with van der Waals surface area (Å²) in [6.45, 7) is 0.382. The molecule has 4 nitrogen and oxygen atoms in total. The summed E-state index contributed by atoms with van der Waals surface area (Å²) in [6.07, 6.45) is 1.22. The van der Waals surface area contributed by atoms with Crippen molar-refractivity contribution in [1.29, 1.82) is 0 Å². The van der Waals surface area contributed by atoms with E-state index in [2.05, 4.69) is 0 Å². The minimum Gasteiger partial charge on any atom is -0.508 e. The molecule has 0 aliphatic rings. The Hall–Kier alpha value is -1.56. The molecule has 2 rings (SSSR count). The smallest absolute Gasteiger partial charge is 0.222 e. The largest absolute Gasteiger partial charge is 0.508 e. The van der Waals surface area contributed by atoms with E-state index < -0.39 is 0 Å². The maximum absolute atomic E-state index is 12.3. The summed E-state index contributed by atoms with van der Waals surface area (Å²) in [7, 11) is 3.30. The van der Waals surface area contributed by atoms with Gasteiger partial charge in [0.2, 0.25) is 5.91 Å². The SMILES string of the molecule is COc1c(Cl)cc(Cl)cc1CN(C)C(=O)CCCSc1ccc(O)cc1. The predicted octanol–water partition coefficient (Wildman–Crippen LogP) is 5.24. The second kappa shape index (κ2) is 9.95. The summed E-state index contributed by atoms with van der Waals surface area (Å²) in [5.74, 6) is 1.67. The Morgan fingerprint density at radius 3 is 2.58 bits per heavy atom. The maximum atomic E-state index is 12.3. The number of phenols is 1. The highest BCUT2D eigenvalue weighted by molar-refractivity contribution is 7.99. The number of rotatable bonds is 8. The van der Waals surface area contributed by atoms with Gasteiger partial charge in [0.1, 0.15) is 11.5 Å². The number of hydrogen-bond acceptors (Lipinski definition) is 4. The zero-order valence-corrected chi connectivity index (χ0v) is 17.0. The fraction of sp³-hybridized carbons (Fsp3) is 0.316. The fourth-order valence-corrected chi connectivity index (χ4v) is 3.92. The average Bonchev–Trinajstić information content (AvgIpc) is 2.59. The van der Waals surface area contributed by atoms with Gasteiger partial charge in [-0.05, 0) is 48.6 Å². The quantitative estimate of drug-likeness (QED) is 0.474. The summed E-state index contributed by atoms with van der Waals surface area (Å²) >= 11 is 13.8. The van der Waals surface area contributed by atoms with Crippen LogP contribution in [0.4, 0.5) is 0 Å². The van der Waals surface area contributed by atoms with E-state index in [9.17, 15) is 9.90 Å². The third-order valence-corrected chi connectivity index (χ3v) is 5.36. The van der Waals surface area contributed by atoms with Crippen molar-refractivity contribution >= 4 is 40.9 Å². The molecule has 0 bridgehead atoms. The standard InChI is InChI=1S/C19H21Cl2NO3S/c1-22(12-13-10-14(20)11-17(21)19(13)25-2)18(24)4-3-9-26-16-7-5-15(23)6-8-16/h5-8,10-11,23H,3-4,9,12H2,1-2H3. The summed E-state index contributed by atoms with van der Waals surface area (Å²) in [5, 5.41) is 10.2. The van der Waals surface area contributed by atoms with Crippen molar-refractivity contribution in [3.8, 4) is 11.5 Å². The zero-order chi connectivity index (χ0) is 19.1. The first-order valence-corrected chi connectivity index (χ1v) is 9.82. The van der Waals surface area contributed by atoms with Crippen molar-refractivity contribution in [2.45, 2.75) is 24.3 Å². The summed E-state index contributed by atoms with van der Waals surface area (Å²) < 4.78 is 5.32. The van der Waals surface area contributed by atoms with Gasteiger partial charge < -0.3 is 14.7 Å². The number of nitrogens with zero attached hydrogens (tertiary/aromatic N) is 1. The van der Waals surface area contributed by atoms with Crippen LogP contribution in [-0.2, 0) is 11.3 Å². The highest BCUT2D eigenvalue weighted by Gasteiger charge is 2.15. The molecule has 0 unspecified atom stereocenters. The molecule has 0 saturated carbocycles. The zero-order valence-electron chi connectivity index (χ0n) is 14.7. The molecule has 0 spiro atoms. The van der Waals surface area contributed by atoms with Crippen LogP contribution in [0.15, 0.2) is 41.3 Å². The van der Waals surface area contributed by atoms with Gasteiger partial charge in [-0.25, -0.2) is 0 Å². The number of thioether (sulfide) groups is 1. The number of hydrogen-bond donors (Lipinski definition) is 1. The lowest BCUT2D eigenvalue weighted by atomic mass is 10.1. The molecule has 0 aliphatic heterocycles. The molecule has 7 heteroatoms. The van der Waals surface area contributed by atoms with Gasteiger partial charge in [-0.2, -0.15) is 0 Å². The van der Waals surface area contributed by atoms with E-state index in [0.29, 0.717) is 28.8 Å². The lowest BCUT2D eigenvalue weighted by Gasteiger charge is -2.19. The van der Waals surface area contributed by atoms with Crippen LogP contribution in [0, 0.1) is 0 Å². The number of benzene rings is 2. The van der Waals surface area contributed by atoms with Gasteiger partial charge in [0.05, 0.1) is 12.1 Å². The van der Waals surface area contributed by atoms with Gasteiger partial charge in [-0.3, -0.25) is 4.79 Å². The fourth-order valence-electron chi connectivity index (χ4n) is 2.45. The van der Waals surface area contributed by atoms with Crippen LogP contribution in [0.2, 0.25) is 10.0 Å². The second-order valence-corrected chi connectivity index (χ2v) is 7.79. The van der Waals surface area contributed by atoms with Crippen LogP contribution in [0.3, 0.4) is 0 Å². The van der Waals surface area contributed by atoms with Crippen molar-refractivity contribution in [3.05, 3.63) is 52.0 Å². The van der Waals surface area contributed by atoms with Crippen molar-refractivity contribution in [2.24, 2.45) is 0 Å². The molecule has 2 aromatic carbocycles. The third kappa shape index (κ3) is 6.01. The number of carbonyl (C=O) groups is 1. The Labute approximate surface area is 168 Å². The average molecular weight is 414 g/mol. The highest BCUT2D eigenvalue weighted by Crippen LogP contribution is 2.33. The number of phenolic OH excluding ortho intramolecular Hbond substituents is 1. The van der Waals surface area contributed by atoms with E-state index in [1.807, 2.05) is 12.1 Å². The Morgan fingerprint density at radius 1 is 1.23 bits per heavy atom. The Morgan fingerprint density at radius 2 is 1.92 bits per heavy atom. The van der Waals surface area contributed by atoms with Crippen molar-refractivity contribution in [3.63, 3.8) is 0 Å². The highest BCUT2D eigenvalue weighted by atomic mass is 35.5. The van der Waals surface area contributed by atoms with Gasteiger partial charge in [-0.15, -0.1) is 11.8 Å². The molecular weight excluding hydrogens is 393 g/mol. The summed E-state index contributed by atoms with van der Waals surface area (Å²) in [4.78, 5) is 15.1. The minimum atomic E-state index is 0.0504. The molecular formula is C19H21Cl2NO3S. The molecule has 0 heterocycles. The van der Waals surface area contributed by atoms with Gasteiger partial charge in [0.15, 0.2) is 0 Å². The Kier molecular flexibility index (Phi) is 7.94. The van der Waals surface area contributed by atoms with E-state index in [1.54, 1.807) is 55.1 Å². The van der Waals surface area contributed by atoms with Gasteiger partial charge in [0.25, 0.3) is 0 Å². The maximum Gasteiger partial charge on any atom is 0.222 e.